The van der Waals surface area contributed by atoms with E-state index in [9.17, 15) is 14.9 Å². The molecule has 19 heavy (non-hydrogen) atoms. The fourth-order valence-corrected chi connectivity index (χ4v) is 1.45. The molecule has 1 heterocycles. The molecule has 0 saturated heterocycles. The van der Waals surface area contributed by atoms with Crippen molar-refractivity contribution in [1.29, 1.82) is 0 Å². The van der Waals surface area contributed by atoms with E-state index in [4.69, 9.17) is 5.73 Å². The molecule has 3 N–H and O–H groups in total. The molecular weight excluding hydrogens is 252 g/mol. The number of carbonyl (C=O) groups excluding carboxylic acids is 1. The van der Waals surface area contributed by atoms with E-state index in [0.717, 1.165) is 12.7 Å². The van der Waals surface area contributed by atoms with Gasteiger partial charge < -0.3 is 16.0 Å². The SMILES string of the molecule is CCCNC(=O)CN(C)c1ncnc(N)c1[N+](=O)[O-]. The molecule has 0 aliphatic carbocycles. The lowest BCUT2D eigenvalue weighted by Gasteiger charge is -2.17. The van der Waals surface area contributed by atoms with Crippen molar-refractivity contribution in [3.05, 3.63) is 16.4 Å². The lowest BCUT2D eigenvalue weighted by atomic mass is 10.4. The van der Waals surface area contributed by atoms with Gasteiger partial charge >= 0.3 is 5.69 Å². The van der Waals surface area contributed by atoms with Gasteiger partial charge in [-0.3, -0.25) is 14.9 Å². The number of carbonyl (C=O) groups is 1. The molecule has 0 radical (unpaired) electrons. The van der Waals surface area contributed by atoms with Gasteiger partial charge in [0.25, 0.3) is 0 Å². The van der Waals surface area contributed by atoms with Crippen molar-refractivity contribution in [1.82, 2.24) is 15.3 Å². The molecule has 0 spiro atoms. The number of nitrogens with one attached hydrogen (secondary N) is 1. The van der Waals surface area contributed by atoms with Crippen molar-refractivity contribution in [2.24, 2.45) is 0 Å². The zero-order chi connectivity index (χ0) is 14.4. The van der Waals surface area contributed by atoms with Gasteiger partial charge in [-0.25, -0.2) is 9.97 Å². The van der Waals surface area contributed by atoms with Crippen LogP contribution in [0.5, 0.6) is 0 Å². The first-order valence-electron chi connectivity index (χ1n) is 5.70. The quantitative estimate of drug-likeness (QED) is 0.546. The highest BCUT2D eigenvalue weighted by Gasteiger charge is 2.24. The van der Waals surface area contributed by atoms with E-state index in [2.05, 4.69) is 15.3 Å². The van der Waals surface area contributed by atoms with Crippen LogP contribution in [0.2, 0.25) is 0 Å². The molecular formula is C10H16N6O3. The summed E-state index contributed by atoms with van der Waals surface area (Å²) < 4.78 is 0. The highest BCUT2D eigenvalue weighted by molar-refractivity contribution is 5.82. The molecule has 0 atom stereocenters. The van der Waals surface area contributed by atoms with Crippen LogP contribution in [0.3, 0.4) is 0 Å². The fourth-order valence-electron chi connectivity index (χ4n) is 1.45. The molecule has 9 nitrogen and oxygen atoms in total. The second kappa shape index (κ2) is 6.47. The minimum absolute atomic E-state index is 0.0177. The lowest BCUT2D eigenvalue weighted by molar-refractivity contribution is -0.383. The van der Waals surface area contributed by atoms with E-state index in [1.54, 1.807) is 0 Å². The van der Waals surface area contributed by atoms with E-state index in [1.807, 2.05) is 6.92 Å². The minimum Gasteiger partial charge on any atom is -0.378 e. The van der Waals surface area contributed by atoms with Gasteiger partial charge in [-0.2, -0.15) is 0 Å². The molecule has 0 saturated carbocycles. The first-order valence-corrected chi connectivity index (χ1v) is 5.70. The Kier molecular flexibility index (Phi) is 4.98. The third kappa shape index (κ3) is 3.76. The molecule has 1 aromatic heterocycles. The van der Waals surface area contributed by atoms with Crippen molar-refractivity contribution in [3.8, 4) is 0 Å². The number of nitrogens with zero attached hydrogens (tertiary/aromatic N) is 4. The average Bonchev–Trinajstić information content (AvgIpc) is 2.35. The number of anilines is 2. The number of rotatable bonds is 6. The third-order valence-electron chi connectivity index (χ3n) is 2.33. The molecule has 1 amide bonds. The summed E-state index contributed by atoms with van der Waals surface area (Å²) in [5.74, 6) is -0.448. The van der Waals surface area contributed by atoms with Gasteiger partial charge in [0, 0.05) is 13.6 Å². The molecule has 0 aliphatic heterocycles. The number of nitrogen functional groups attached to an aromatic ring is 1. The zero-order valence-electron chi connectivity index (χ0n) is 10.8. The van der Waals surface area contributed by atoms with Crippen molar-refractivity contribution in [3.63, 3.8) is 0 Å². The topological polar surface area (TPSA) is 127 Å². The number of nitro groups is 1. The van der Waals surface area contributed by atoms with Crippen molar-refractivity contribution < 1.29 is 9.72 Å². The Labute approximate surface area is 110 Å². The average molecular weight is 268 g/mol. The van der Waals surface area contributed by atoms with E-state index < -0.39 is 10.6 Å². The van der Waals surface area contributed by atoms with Gasteiger partial charge in [0.05, 0.1) is 11.5 Å². The van der Waals surface area contributed by atoms with Gasteiger partial charge in [0.1, 0.15) is 6.33 Å². The van der Waals surface area contributed by atoms with E-state index in [-0.39, 0.29) is 24.1 Å². The summed E-state index contributed by atoms with van der Waals surface area (Å²) in [5.41, 5.74) is 5.06. The molecule has 0 aliphatic rings. The van der Waals surface area contributed by atoms with Crippen LogP contribution in [0, 0.1) is 10.1 Å². The Balaban J connectivity index is 2.88. The minimum atomic E-state index is -0.662. The number of likely N-dealkylation sites (N-methyl/N-ethyl adjacent to an activating group) is 1. The molecule has 9 heteroatoms. The lowest BCUT2D eigenvalue weighted by Crippen LogP contribution is -2.36. The van der Waals surface area contributed by atoms with Crippen LogP contribution in [-0.2, 0) is 4.79 Å². The number of aromatic nitrogens is 2. The molecule has 0 unspecified atom stereocenters. The summed E-state index contributed by atoms with van der Waals surface area (Å²) in [7, 11) is 1.53. The predicted octanol–water partition coefficient (Wildman–Crippen LogP) is -0.0706. The second-order valence-corrected chi connectivity index (χ2v) is 3.89. The Morgan fingerprint density at radius 3 is 2.84 bits per heavy atom. The van der Waals surface area contributed by atoms with Gasteiger partial charge in [0.2, 0.25) is 17.5 Å². The molecule has 0 bridgehead atoms. The van der Waals surface area contributed by atoms with Crippen molar-refractivity contribution >= 4 is 23.2 Å². The first kappa shape index (κ1) is 14.6. The smallest absolute Gasteiger partial charge is 0.353 e. The molecule has 0 aromatic carbocycles. The van der Waals surface area contributed by atoms with E-state index in [0.29, 0.717) is 6.54 Å². The molecule has 1 rings (SSSR count). The van der Waals surface area contributed by atoms with Crippen LogP contribution in [0.25, 0.3) is 0 Å². The van der Waals surface area contributed by atoms with Crippen LogP contribution in [0.15, 0.2) is 6.33 Å². The highest BCUT2D eigenvalue weighted by atomic mass is 16.6. The Morgan fingerprint density at radius 1 is 1.58 bits per heavy atom. The maximum Gasteiger partial charge on any atom is 0.353 e. The highest BCUT2D eigenvalue weighted by Crippen LogP contribution is 2.28. The van der Waals surface area contributed by atoms with Crippen molar-refractivity contribution in [2.75, 3.05) is 30.8 Å². The van der Waals surface area contributed by atoms with Gasteiger partial charge in [-0.05, 0) is 6.42 Å². The Hall–Kier alpha value is -2.45. The van der Waals surface area contributed by atoms with Crippen LogP contribution >= 0.6 is 0 Å². The first-order chi connectivity index (χ1) is 8.97. The van der Waals surface area contributed by atoms with Gasteiger partial charge in [-0.1, -0.05) is 6.92 Å². The van der Waals surface area contributed by atoms with Crippen LogP contribution in [0.4, 0.5) is 17.3 Å². The largest absolute Gasteiger partial charge is 0.378 e. The zero-order valence-corrected chi connectivity index (χ0v) is 10.8. The summed E-state index contributed by atoms with van der Waals surface area (Å²) in [6, 6.07) is 0. The Bertz CT molecular complexity index is 478. The summed E-state index contributed by atoms with van der Waals surface area (Å²) >= 11 is 0. The number of nitrogens with two attached hydrogens (primary N) is 1. The summed E-state index contributed by atoms with van der Waals surface area (Å²) in [6.07, 6.45) is 1.94. The van der Waals surface area contributed by atoms with E-state index in [1.165, 1.54) is 11.9 Å². The third-order valence-corrected chi connectivity index (χ3v) is 2.33. The van der Waals surface area contributed by atoms with Crippen LogP contribution in [-0.4, -0.2) is 40.9 Å². The normalized spacial score (nSPS) is 10.0. The molecule has 104 valence electrons. The number of hydrogen-bond acceptors (Lipinski definition) is 7. The summed E-state index contributed by atoms with van der Waals surface area (Å²) in [5, 5.41) is 13.6. The van der Waals surface area contributed by atoms with Gasteiger partial charge in [-0.15, -0.1) is 0 Å². The maximum absolute atomic E-state index is 11.6. The van der Waals surface area contributed by atoms with Crippen molar-refractivity contribution in [2.45, 2.75) is 13.3 Å². The number of hydrogen-bond donors (Lipinski definition) is 2. The van der Waals surface area contributed by atoms with Gasteiger partial charge in [0.15, 0.2) is 0 Å². The standard InChI is InChI=1S/C10H16N6O3/c1-3-4-12-7(17)5-15(2)10-8(16(18)19)9(11)13-6-14-10/h6H,3-5H2,1-2H3,(H,12,17)(H2,11,13,14). The molecule has 0 fully saturated rings. The summed E-state index contributed by atoms with van der Waals surface area (Å²) in [6.45, 7) is 2.44. The second-order valence-electron chi connectivity index (χ2n) is 3.89. The monoisotopic (exact) mass is 268 g/mol. The van der Waals surface area contributed by atoms with Crippen LogP contribution in [0.1, 0.15) is 13.3 Å². The van der Waals surface area contributed by atoms with E-state index >= 15 is 0 Å². The maximum atomic E-state index is 11.6. The Morgan fingerprint density at radius 2 is 2.26 bits per heavy atom. The fraction of sp³-hybridized carbons (Fsp3) is 0.500. The predicted molar refractivity (Wildman–Crippen MR) is 69.7 cm³/mol. The van der Waals surface area contributed by atoms with Crippen LogP contribution < -0.4 is 16.0 Å². The molecule has 1 aromatic rings. The number of amides is 1. The summed E-state index contributed by atoms with van der Waals surface area (Å²) in [4.78, 5) is 30.6.